The summed E-state index contributed by atoms with van der Waals surface area (Å²) in [6.45, 7) is 6.76. The summed E-state index contributed by atoms with van der Waals surface area (Å²) in [6.07, 6.45) is 0. The van der Waals surface area contributed by atoms with Crippen molar-refractivity contribution in [1.82, 2.24) is 0 Å². The highest BCUT2D eigenvalue weighted by atomic mass is 32.2. The number of aryl methyl sites for hydroxylation is 3. The fourth-order valence-corrected chi connectivity index (χ4v) is 4.57. The zero-order chi connectivity index (χ0) is 15.9. The zero-order valence-corrected chi connectivity index (χ0v) is 13.2. The Balaban J connectivity index is 2.81. The minimum Gasteiger partial charge on any atom is -0.508 e. The third-order valence-corrected chi connectivity index (χ3v) is 5.79. The van der Waals surface area contributed by atoms with Crippen LogP contribution in [0.15, 0.2) is 34.1 Å². The monoisotopic (exact) mass is 306 g/mol. The second-order valence-electron chi connectivity index (χ2n) is 5.30. The fourth-order valence-electron chi connectivity index (χ4n) is 2.55. The maximum Gasteiger partial charge on any atom is 0.207 e. The minimum absolute atomic E-state index is 0.0350. The van der Waals surface area contributed by atoms with Gasteiger partial charge in [-0.05, 0) is 74.2 Å². The topological polar surface area (TPSA) is 74.6 Å². The Hall–Kier alpha value is -2.01. The van der Waals surface area contributed by atoms with Crippen LogP contribution in [0.4, 0.5) is 0 Å². The number of phenolic OH excluding ortho intramolecular Hbond substituents is 2. The van der Waals surface area contributed by atoms with Crippen LogP contribution in [0, 0.1) is 27.7 Å². The molecule has 0 aliphatic heterocycles. The highest BCUT2D eigenvalue weighted by Crippen LogP contribution is 2.34. The molecule has 2 aromatic carbocycles. The maximum atomic E-state index is 12.9. The summed E-state index contributed by atoms with van der Waals surface area (Å²) in [7, 11) is -3.76. The number of hydrogen-bond donors (Lipinski definition) is 2. The molecule has 0 unspecified atom stereocenters. The summed E-state index contributed by atoms with van der Waals surface area (Å²) < 4.78 is 25.8. The van der Waals surface area contributed by atoms with Crippen molar-refractivity contribution in [3.05, 3.63) is 46.5 Å². The number of hydrogen-bond acceptors (Lipinski definition) is 4. The Morgan fingerprint density at radius 1 is 0.762 bits per heavy atom. The van der Waals surface area contributed by atoms with E-state index in [1.54, 1.807) is 27.7 Å². The van der Waals surface area contributed by atoms with Crippen LogP contribution in [0.2, 0.25) is 0 Å². The van der Waals surface area contributed by atoms with Crippen molar-refractivity contribution in [3.8, 4) is 11.5 Å². The van der Waals surface area contributed by atoms with Crippen molar-refractivity contribution in [2.75, 3.05) is 0 Å². The lowest BCUT2D eigenvalue weighted by molar-refractivity contribution is 0.471. The van der Waals surface area contributed by atoms with Gasteiger partial charge < -0.3 is 10.2 Å². The molecule has 112 valence electrons. The predicted octanol–water partition coefficient (Wildman–Crippen LogP) is 3.16. The molecule has 5 heteroatoms. The van der Waals surface area contributed by atoms with Gasteiger partial charge >= 0.3 is 0 Å². The van der Waals surface area contributed by atoms with Crippen LogP contribution >= 0.6 is 0 Å². The average Bonchev–Trinajstić information content (AvgIpc) is 2.31. The molecule has 2 aromatic rings. The van der Waals surface area contributed by atoms with Crippen molar-refractivity contribution in [2.45, 2.75) is 37.5 Å². The number of benzene rings is 2. The van der Waals surface area contributed by atoms with Gasteiger partial charge in [-0.3, -0.25) is 0 Å². The molecule has 0 amide bonds. The third-order valence-electron chi connectivity index (χ3n) is 3.61. The number of rotatable bonds is 2. The van der Waals surface area contributed by atoms with E-state index >= 15 is 0 Å². The largest absolute Gasteiger partial charge is 0.508 e. The Morgan fingerprint density at radius 3 is 1.71 bits per heavy atom. The molecule has 0 aliphatic carbocycles. The molecule has 0 heterocycles. The lowest BCUT2D eigenvalue weighted by atomic mass is 10.1. The van der Waals surface area contributed by atoms with Gasteiger partial charge in [0.1, 0.15) is 11.5 Å². The summed E-state index contributed by atoms with van der Waals surface area (Å²) in [5, 5.41) is 19.3. The normalized spacial score (nSPS) is 11.6. The lowest BCUT2D eigenvalue weighted by Gasteiger charge is -2.15. The molecule has 2 N–H and O–H groups in total. The molecule has 0 aliphatic rings. The highest BCUT2D eigenvalue weighted by Gasteiger charge is 2.25. The molecule has 0 bridgehead atoms. The van der Waals surface area contributed by atoms with Crippen LogP contribution in [-0.2, 0) is 9.84 Å². The van der Waals surface area contributed by atoms with Gasteiger partial charge in [-0.2, -0.15) is 0 Å². The average molecular weight is 306 g/mol. The molecule has 0 fully saturated rings. The summed E-state index contributed by atoms with van der Waals surface area (Å²) in [5.41, 5.74) is 2.28. The van der Waals surface area contributed by atoms with Gasteiger partial charge in [0.2, 0.25) is 9.84 Å². The van der Waals surface area contributed by atoms with E-state index in [9.17, 15) is 18.6 Å². The van der Waals surface area contributed by atoms with Gasteiger partial charge in [0.15, 0.2) is 0 Å². The predicted molar refractivity (Wildman–Crippen MR) is 80.6 cm³/mol. The van der Waals surface area contributed by atoms with Gasteiger partial charge in [-0.1, -0.05) is 0 Å². The molecule has 21 heavy (non-hydrogen) atoms. The minimum atomic E-state index is -3.76. The first-order valence-corrected chi connectivity index (χ1v) is 7.98. The van der Waals surface area contributed by atoms with Crippen LogP contribution in [0.5, 0.6) is 11.5 Å². The van der Waals surface area contributed by atoms with Gasteiger partial charge in [0.25, 0.3) is 0 Å². The van der Waals surface area contributed by atoms with E-state index < -0.39 is 9.84 Å². The zero-order valence-electron chi connectivity index (χ0n) is 12.4. The van der Waals surface area contributed by atoms with Gasteiger partial charge in [-0.15, -0.1) is 0 Å². The van der Waals surface area contributed by atoms with E-state index in [0.717, 1.165) is 0 Å². The number of phenols is 2. The lowest BCUT2D eigenvalue weighted by Crippen LogP contribution is -2.09. The van der Waals surface area contributed by atoms with Crippen LogP contribution < -0.4 is 0 Å². The molecule has 0 atom stereocenters. The summed E-state index contributed by atoms with van der Waals surface area (Å²) in [4.78, 5) is 0.269. The molecule has 2 rings (SSSR count). The smallest absolute Gasteiger partial charge is 0.207 e. The SMILES string of the molecule is Cc1cc(O)cc(S(=O)(=O)c2c(C)cc(O)cc2C)c1C. The first kappa shape index (κ1) is 15.4. The highest BCUT2D eigenvalue weighted by molar-refractivity contribution is 7.91. The molecular weight excluding hydrogens is 288 g/mol. The second kappa shape index (κ2) is 5.07. The summed E-state index contributed by atoms with van der Waals surface area (Å²) in [5.74, 6) is -0.0430. The van der Waals surface area contributed by atoms with Crippen molar-refractivity contribution in [1.29, 1.82) is 0 Å². The first-order valence-electron chi connectivity index (χ1n) is 6.50. The van der Waals surface area contributed by atoms with Crippen molar-refractivity contribution in [2.24, 2.45) is 0 Å². The van der Waals surface area contributed by atoms with Gasteiger partial charge in [0.05, 0.1) is 9.79 Å². The first-order chi connectivity index (χ1) is 9.64. The van der Waals surface area contributed by atoms with Crippen molar-refractivity contribution < 1.29 is 18.6 Å². The van der Waals surface area contributed by atoms with E-state index in [4.69, 9.17) is 0 Å². The van der Waals surface area contributed by atoms with Crippen LogP contribution in [0.25, 0.3) is 0 Å². The fraction of sp³-hybridized carbons (Fsp3) is 0.250. The Labute approximate surface area is 124 Å². The maximum absolute atomic E-state index is 12.9. The van der Waals surface area contributed by atoms with Gasteiger partial charge in [-0.25, -0.2) is 8.42 Å². The molecule has 0 spiro atoms. The Bertz CT molecular complexity index is 797. The van der Waals surface area contributed by atoms with E-state index in [2.05, 4.69) is 0 Å². The Morgan fingerprint density at radius 2 is 1.19 bits per heavy atom. The van der Waals surface area contributed by atoms with Crippen molar-refractivity contribution in [3.63, 3.8) is 0 Å². The molecular formula is C16H18O4S. The third kappa shape index (κ3) is 2.61. The molecule has 0 saturated heterocycles. The molecule has 0 radical (unpaired) electrons. The molecule has 0 aromatic heterocycles. The van der Waals surface area contributed by atoms with Crippen molar-refractivity contribution >= 4 is 9.84 Å². The van der Waals surface area contributed by atoms with E-state index in [1.165, 1.54) is 24.3 Å². The number of sulfone groups is 1. The van der Waals surface area contributed by atoms with Gasteiger partial charge in [0, 0.05) is 0 Å². The van der Waals surface area contributed by atoms with Crippen LogP contribution in [0.3, 0.4) is 0 Å². The van der Waals surface area contributed by atoms with Crippen LogP contribution in [0.1, 0.15) is 22.3 Å². The standard InChI is InChI=1S/C16H18O4S/c1-9-5-14(18)8-15(12(9)4)21(19,20)16-10(2)6-13(17)7-11(16)3/h5-8,17-18H,1-4H3. The number of aromatic hydroxyl groups is 2. The van der Waals surface area contributed by atoms with E-state index in [1.807, 2.05) is 0 Å². The van der Waals surface area contributed by atoms with E-state index in [-0.39, 0.29) is 21.3 Å². The Kier molecular flexibility index (Phi) is 3.72. The van der Waals surface area contributed by atoms with Crippen LogP contribution in [-0.4, -0.2) is 18.6 Å². The second-order valence-corrected chi connectivity index (χ2v) is 7.15. The quantitative estimate of drug-likeness (QED) is 0.893. The summed E-state index contributed by atoms with van der Waals surface area (Å²) >= 11 is 0. The summed E-state index contributed by atoms with van der Waals surface area (Å²) in [6, 6.07) is 5.64. The molecule has 4 nitrogen and oxygen atoms in total. The van der Waals surface area contributed by atoms with E-state index in [0.29, 0.717) is 22.3 Å². The molecule has 0 saturated carbocycles.